The molecule has 2 N–H and O–H groups in total. The highest BCUT2D eigenvalue weighted by atomic mass is 16.5. The number of fused-ring (bicyclic) bond motifs is 1. The van der Waals surface area contributed by atoms with Gasteiger partial charge in [-0.05, 0) is 60.6 Å². The van der Waals surface area contributed by atoms with Crippen LogP contribution >= 0.6 is 0 Å². The highest BCUT2D eigenvalue weighted by Gasteiger charge is 2.90. The standard InChI is InChI=1S/C27H31NO4/c1-13-16-8-17-22-27-10-15(32-24(31)14-6-4-3-5-7-14)9-25(2)12-28(22)18(20(25)27)11-26(17,23(13)30)21(27)19(16)29/h3-7,15-23,29-30H,1,8-12H2,2H3/t15-,16+,17?,18+,19-,20+,21+,22?,23+,25-,26?,27?/m0/s1. The van der Waals surface area contributed by atoms with Gasteiger partial charge >= 0.3 is 5.97 Å². The van der Waals surface area contributed by atoms with E-state index in [4.69, 9.17) is 4.74 Å². The zero-order chi connectivity index (χ0) is 21.8. The normalized spacial score (nSPS) is 59.7. The molecule has 9 aliphatic rings. The van der Waals surface area contributed by atoms with Crippen LogP contribution in [0, 0.1) is 39.9 Å². The van der Waals surface area contributed by atoms with Crippen LogP contribution in [-0.4, -0.2) is 58.0 Å². The Balaban J connectivity index is 1.24. The average molecular weight is 434 g/mol. The van der Waals surface area contributed by atoms with E-state index < -0.39 is 12.2 Å². The first-order valence-corrected chi connectivity index (χ1v) is 12.4. The number of ether oxygens (including phenoxy) is 1. The van der Waals surface area contributed by atoms with E-state index in [2.05, 4.69) is 18.4 Å². The Hall–Kier alpha value is -1.69. The highest BCUT2D eigenvalue weighted by molar-refractivity contribution is 5.89. The van der Waals surface area contributed by atoms with Gasteiger partial charge in [-0.25, -0.2) is 4.79 Å². The van der Waals surface area contributed by atoms with Crippen molar-refractivity contribution in [2.24, 2.45) is 39.9 Å². The number of hydrogen-bond donors (Lipinski definition) is 2. The number of carbonyl (C=O) groups is 1. The molecule has 0 radical (unpaired) electrons. The summed E-state index contributed by atoms with van der Waals surface area (Å²) >= 11 is 0. The van der Waals surface area contributed by atoms with Crippen LogP contribution in [-0.2, 0) is 4.74 Å². The predicted molar refractivity (Wildman–Crippen MR) is 116 cm³/mol. The molecule has 5 unspecified atom stereocenters. The molecular formula is C27H31NO4. The molecular weight excluding hydrogens is 402 g/mol. The molecule has 6 saturated carbocycles. The Labute approximate surface area is 188 Å². The quantitative estimate of drug-likeness (QED) is 0.554. The van der Waals surface area contributed by atoms with Crippen molar-refractivity contribution in [1.82, 2.24) is 4.90 Å². The molecule has 1 aromatic rings. The first-order valence-electron chi connectivity index (χ1n) is 12.4. The van der Waals surface area contributed by atoms with Crippen LogP contribution < -0.4 is 0 Å². The first-order chi connectivity index (χ1) is 15.3. The van der Waals surface area contributed by atoms with Crippen molar-refractivity contribution in [2.75, 3.05) is 6.54 Å². The summed E-state index contributed by atoms with van der Waals surface area (Å²) in [5.41, 5.74) is 1.28. The number of esters is 1. The zero-order valence-electron chi connectivity index (χ0n) is 18.5. The number of rotatable bonds is 2. The fraction of sp³-hybridized carbons (Fsp3) is 0.667. The number of nitrogens with zero attached hydrogens (tertiary/aromatic N) is 1. The molecule has 5 nitrogen and oxygen atoms in total. The second kappa shape index (κ2) is 5.34. The molecule has 3 aliphatic heterocycles. The monoisotopic (exact) mass is 433 g/mol. The molecule has 9 bridgehead atoms. The molecule has 2 spiro atoms. The molecule has 1 aromatic carbocycles. The van der Waals surface area contributed by atoms with Crippen molar-refractivity contribution in [3.63, 3.8) is 0 Å². The van der Waals surface area contributed by atoms with E-state index in [9.17, 15) is 15.0 Å². The van der Waals surface area contributed by atoms with Gasteiger partial charge in [-0.2, -0.15) is 0 Å². The zero-order valence-corrected chi connectivity index (χ0v) is 18.5. The fourth-order valence-electron chi connectivity index (χ4n) is 11.4. The van der Waals surface area contributed by atoms with Crippen molar-refractivity contribution in [3.05, 3.63) is 48.0 Å². The summed E-state index contributed by atoms with van der Waals surface area (Å²) in [6.45, 7) is 7.70. The van der Waals surface area contributed by atoms with E-state index in [0.29, 0.717) is 29.5 Å². The third-order valence-electron chi connectivity index (χ3n) is 11.5. The predicted octanol–water partition coefficient (Wildman–Crippen LogP) is 2.63. The topological polar surface area (TPSA) is 70.0 Å². The summed E-state index contributed by atoms with van der Waals surface area (Å²) in [5, 5.41) is 23.2. The Kier molecular flexibility index (Phi) is 3.12. The minimum absolute atomic E-state index is 0.0116. The van der Waals surface area contributed by atoms with Gasteiger partial charge in [0.05, 0.1) is 17.8 Å². The summed E-state index contributed by atoms with van der Waals surface area (Å²) in [4.78, 5) is 15.7. The summed E-state index contributed by atoms with van der Waals surface area (Å²) < 4.78 is 6.19. The third-order valence-corrected chi connectivity index (χ3v) is 11.5. The molecule has 3 heterocycles. The maximum Gasteiger partial charge on any atom is 0.338 e. The van der Waals surface area contributed by atoms with Crippen molar-refractivity contribution in [1.29, 1.82) is 0 Å². The molecule has 10 rings (SSSR count). The van der Waals surface area contributed by atoms with E-state index in [-0.39, 0.29) is 40.2 Å². The van der Waals surface area contributed by atoms with Gasteiger partial charge in [0.15, 0.2) is 0 Å². The Morgan fingerprint density at radius 2 is 1.91 bits per heavy atom. The van der Waals surface area contributed by atoms with E-state index >= 15 is 0 Å². The van der Waals surface area contributed by atoms with Crippen LogP contribution in [0.25, 0.3) is 0 Å². The highest BCUT2D eigenvalue weighted by Crippen LogP contribution is 2.87. The summed E-state index contributed by atoms with van der Waals surface area (Å²) in [7, 11) is 0. The third kappa shape index (κ3) is 1.67. The van der Waals surface area contributed by atoms with Crippen molar-refractivity contribution < 1.29 is 19.7 Å². The Morgan fingerprint density at radius 1 is 1.12 bits per heavy atom. The molecule has 0 amide bonds. The Morgan fingerprint density at radius 3 is 2.69 bits per heavy atom. The second-order valence-corrected chi connectivity index (χ2v) is 12.4. The molecule has 3 saturated heterocycles. The van der Waals surface area contributed by atoms with Gasteiger partial charge < -0.3 is 14.9 Å². The smallest absolute Gasteiger partial charge is 0.338 e. The van der Waals surface area contributed by atoms with Gasteiger partial charge in [-0.3, -0.25) is 4.90 Å². The molecule has 0 aromatic heterocycles. The second-order valence-electron chi connectivity index (χ2n) is 12.4. The maximum atomic E-state index is 13.0. The lowest BCUT2D eigenvalue weighted by Gasteiger charge is -2.66. The number of benzene rings is 1. The number of aliphatic hydroxyl groups is 2. The molecule has 5 heteroatoms. The fourth-order valence-corrected chi connectivity index (χ4v) is 11.4. The summed E-state index contributed by atoms with van der Waals surface area (Å²) in [6, 6.07) is 10.2. The van der Waals surface area contributed by atoms with Gasteiger partial charge in [0.1, 0.15) is 6.10 Å². The average Bonchev–Trinajstić information content (AvgIpc) is 3.19. The van der Waals surface area contributed by atoms with Crippen molar-refractivity contribution in [3.8, 4) is 0 Å². The van der Waals surface area contributed by atoms with E-state index in [1.54, 1.807) is 0 Å². The van der Waals surface area contributed by atoms with E-state index in [1.807, 2.05) is 30.3 Å². The van der Waals surface area contributed by atoms with Crippen LogP contribution in [0.1, 0.15) is 43.0 Å². The number of carbonyl (C=O) groups excluding carboxylic acids is 1. The minimum Gasteiger partial charge on any atom is -0.459 e. The van der Waals surface area contributed by atoms with Crippen molar-refractivity contribution >= 4 is 5.97 Å². The molecule has 6 aliphatic carbocycles. The van der Waals surface area contributed by atoms with Crippen LogP contribution in [0.2, 0.25) is 0 Å². The lowest BCUT2D eigenvalue weighted by Crippen LogP contribution is -2.69. The van der Waals surface area contributed by atoms with Gasteiger partial charge in [-0.15, -0.1) is 0 Å². The first kappa shape index (κ1) is 18.7. The van der Waals surface area contributed by atoms with Crippen LogP contribution in [0.15, 0.2) is 42.5 Å². The minimum atomic E-state index is -0.497. The largest absolute Gasteiger partial charge is 0.459 e. The summed E-state index contributed by atoms with van der Waals surface area (Å²) in [6.07, 6.45) is 2.63. The van der Waals surface area contributed by atoms with Gasteiger partial charge in [0.25, 0.3) is 0 Å². The lowest BCUT2D eigenvalue weighted by atomic mass is 9.39. The Bertz CT molecular complexity index is 1070. The van der Waals surface area contributed by atoms with Gasteiger partial charge in [-0.1, -0.05) is 31.7 Å². The van der Waals surface area contributed by atoms with Crippen molar-refractivity contribution in [2.45, 2.75) is 63.0 Å². The van der Waals surface area contributed by atoms with Gasteiger partial charge in [0.2, 0.25) is 0 Å². The number of aliphatic hydroxyl groups excluding tert-OH is 2. The van der Waals surface area contributed by atoms with Crippen LogP contribution in [0.3, 0.4) is 0 Å². The number of piperidine rings is 2. The lowest BCUT2D eigenvalue weighted by molar-refractivity contribution is -0.220. The number of hydrogen-bond acceptors (Lipinski definition) is 5. The molecule has 9 fully saturated rings. The SMILES string of the molecule is C=C1[C@H]2CC3C4N5C[C@]6(C)C[C@H](OC(=O)c7ccccc7)CC47[C@H]([C@H]2O)C3(C[C@@H]5[C@@H]76)[C@@H]1O. The molecule has 32 heavy (non-hydrogen) atoms. The molecule has 13 atom stereocenters. The maximum absolute atomic E-state index is 13.0. The van der Waals surface area contributed by atoms with E-state index in [1.165, 1.54) is 0 Å². The van der Waals surface area contributed by atoms with Crippen LogP contribution in [0.4, 0.5) is 0 Å². The van der Waals surface area contributed by atoms with E-state index in [0.717, 1.165) is 37.8 Å². The molecule has 168 valence electrons. The van der Waals surface area contributed by atoms with Gasteiger partial charge in [0, 0.05) is 41.3 Å². The summed E-state index contributed by atoms with van der Waals surface area (Å²) in [5.74, 6) is 0.822. The van der Waals surface area contributed by atoms with Crippen LogP contribution in [0.5, 0.6) is 0 Å².